The Balaban J connectivity index is 1.57. The van der Waals surface area contributed by atoms with Crippen LogP contribution >= 0.6 is 0 Å². The zero-order valence-electron chi connectivity index (χ0n) is 18.1. The van der Waals surface area contributed by atoms with Crippen LogP contribution in [-0.4, -0.2) is 54.0 Å². The Morgan fingerprint density at radius 3 is 2.66 bits per heavy atom. The van der Waals surface area contributed by atoms with Crippen LogP contribution in [0, 0.1) is 18.8 Å². The Labute approximate surface area is 173 Å². The number of aryl methyl sites for hydroxylation is 1. The summed E-state index contributed by atoms with van der Waals surface area (Å²) in [6.45, 7) is 10.6. The van der Waals surface area contributed by atoms with Gasteiger partial charge in [0.1, 0.15) is 11.5 Å². The van der Waals surface area contributed by atoms with Crippen LogP contribution in [0.4, 0.5) is 0 Å². The van der Waals surface area contributed by atoms with Gasteiger partial charge in [0.2, 0.25) is 0 Å². The molecular weight excluding hydrogens is 366 g/mol. The molecule has 1 fully saturated rings. The summed E-state index contributed by atoms with van der Waals surface area (Å²) in [7, 11) is 1.72. The number of carbonyl (C=O) groups is 1. The second-order valence-corrected chi connectivity index (χ2v) is 8.39. The average Bonchev–Trinajstić information content (AvgIpc) is 3.14. The Morgan fingerprint density at radius 1 is 1.31 bits per heavy atom. The van der Waals surface area contributed by atoms with Crippen molar-refractivity contribution in [3.63, 3.8) is 0 Å². The van der Waals surface area contributed by atoms with Crippen molar-refractivity contribution in [3.05, 3.63) is 47.7 Å². The van der Waals surface area contributed by atoms with E-state index in [0.717, 1.165) is 51.3 Å². The minimum atomic E-state index is -0.0126. The molecule has 1 aliphatic heterocycles. The van der Waals surface area contributed by atoms with E-state index in [9.17, 15) is 4.79 Å². The number of nitrogens with zero attached hydrogens (tertiary/aromatic N) is 3. The van der Waals surface area contributed by atoms with E-state index in [0.29, 0.717) is 23.3 Å². The van der Waals surface area contributed by atoms with Crippen LogP contribution in [0.25, 0.3) is 0 Å². The first-order chi connectivity index (χ1) is 14.0. The molecule has 6 nitrogen and oxygen atoms in total. The van der Waals surface area contributed by atoms with Gasteiger partial charge in [-0.15, -0.1) is 0 Å². The third-order valence-corrected chi connectivity index (χ3v) is 5.59. The molecule has 1 aromatic heterocycles. The highest BCUT2D eigenvalue weighted by atomic mass is 16.5. The van der Waals surface area contributed by atoms with Crippen molar-refractivity contribution >= 4 is 5.91 Å². The molecule has 1 aromatic carbocycles. The molecule has 1 amide bonds. The molecule has 1 saturated heterocycles. The summed E-state index contributed by atoms with van der Waals surface area (Å²) < 4.78 is 10.7. The lowest BCUT2D eigenvalue weighted by atomic mass is 9.95. The molecule has 3 rings (SSSR count). The maximum absolute atomic E-state index is 13.0. The smallest absolute Gasteiger partial charge is 0.276 e. The van der Waals surface area contributed by atoms with Crippen LogP contribution in [0.1, 0.15) is 48.5 Å². The molecule has 0 bridgehead atoms. The van der Waals surface area contributed by atoms with E-state index in [1.54, 1.807) is 14.0 Å². The van der Waals surface area contributed by atoms with Gasteiger partial charge < -0.3 is 14.1 Å². The van der Waals surface area contributed by atoms with Crippen LogP contribution < -0.4 is 4.74 Å². The van der Waals surface area contributed by atoms with Gasteiger partial charge in [-0.05, 0) is 50.8 Å². The van der Waals surface area contributed by atoms with Gasteiger partial charge in [-0.3, -0.25) is 9.69 Å². The number of methoxy groups -OCH3 is 1. The highest BCUT2D eigenvalue weighted by Gasteiger charge is 2.27. The lowest BCUT2D eigenvalue weighted by Gasteiger charge is -2.35. The van der Waals surface area contributed by atoms with Crippen LogP contribution in [0.2, 0.25) is 0 Å². The third-order valence-electron chi connectivity index (χ3n) is 5.59. The van der Waals surface area contributed by atoms with Crippen LogP contribution in [0.3, 0.4) is 0 Å². The van der Waals surface area contributed by atoms with E-state index in [1.165, 1.54) is 12.0 Å². The number of hydrogen-bond donors (Lipinski definition) is 0. The molecule has 6 heteroatoms. The summed E-state index contributed by atoms with van der Waals surface area (Å²) in [6.07, 6.45) is 3.54. The Bertz CT molecular complexity index is 794. The summed E-state index contributed by atoms with van der Waals surface area (Å²) in [5, 5.41) is 0. The summed E-state index contributed by atoms with van der Waals surface area (Å²) in [5.41, 5.74) is 1.67. The fourth-order valence-corrected chi connectivity index (χ4v) is 4.05. The molecule has 0 radical (unpaired) electrons. The van der Waals surface area contributed by atoms with E-state index in [4.69, 9.17) is 9.15 Å². The average molecular weight is 400 g/mol. The maximum atomic E-state index is 13.0. The molecule has 0 saturated carbocycles. The quantitative estimate of drug-likeness (QED) is 0.671. The van der Waals surface area contributed by atoms with Gasteiger partial charge in [0.15, 0.2) is 12.1 Å². The van der Waals surface area contributed by atoms with Gasteiger partial charge in [-0.2, -0.15) is 0 Å². The van der Waals surface area contributed by atoms with Crippen molar-refractivity contribution in [1.29, 1.82) is 0 Å². The van der Waals surface area contributed by atoms with Crippen molar-refractivity contribution in [3.8, 4) is 5.75 Å². The number of rotatable bonds is 8. The number of ether oxygens (including phenoxy) is 1. The fraction of sp³-hybridized carbons (Fsp3) is 0.565. The second-order valence-electron chi connectivity index (χ2n) is 8.39. The summed E-state index contributed by atoms with van der Waals surface area (Å²) >= 11 is 0. The Hall–Kier alpha value is -2.34. The van der Waals surface area contributed by atoms with E-state index in [1.807, 2.05) is 17.0 Å². The first-order valence-corrected chi connectivity index (χ1v) is 10.5. The summed E-state index contributed by atoms with van der Waals surface area (Å²) in [6, 6.07) is 8.22. The lowest BCUT2D eigenvalue weighted by Crippen LogP contribution is -2.42. The van der Waals surface area contributed by atoms with Gasteiger partial charge in [0, 0.05) is 25.2 Å². The number of benzene rings is 1. The fourth-order valence-electron chi connectivity index (χ4n) is 4.05. The molecule has 0 unspecified atom stereocenters. The number of likely N-dealkylation sites (tertiary alicyclic amines) is 1. The van der Waals surface area contributed by atoms with Gasteiger partial charge in [0.05, 0.1) is 7.11 Å². The molecule has 2 heterocycles. The zero-order valence-corrected chi connectivity index (χ0v) is 18.1. The number of amides is 1. The highest BCUT2D eigenvalue weighted by molar-refractivity contribution is 5.93. The third kappa shape index (κ3) is 5.60. The molecule has 0 atom stereocenters. The van der Waals surface area contributed by atoms with E-state index in [2.05, 4.69) is 35.9 Å². The lowest BCUT2D eigenvalue weighted by molar-refractivity contribution is 0.0656. The molecule has 1 aliphatic rings. The van der Waals surface area contributed by atoms with Gasteiger partial charge in [-0.25, -0.2) is 4.98 Å². The van der Waals surface area contributed by atoms with Crippen molar-refractivity contribution in [2.45, 2.75) is 40.2 Å². The molecule has 158 valence electrons. The van der Waals surface area contributed by atoms with E-state index in [-0.39, 0.29) is 5.91 Å². The standard InChI is InChI=1S/C23H33N3O3/c1-17(2)13-26(23(27)22-18(3)29-16-24-22)14-19-9-11-25(12-10-19)15-20-7-5-6-8-21(20)28-4/h5-8,16-17,19H,9-15H2,1-4H3. The van der Waals surface area contributed by atoms with Crippen molar-refractivity contribution < 1.29 is 13.9 Å². The normalized spacial score (nSPS) is 15.6. The SMILES string of the molecule is COc1ccccc1CN1CCC(CN(CC(C)C)C(=O)c2ncoc2C)CC1. The van der Waals surface area contributed by atoms with Crippen LogP contribution in [0.15, 0.2) is 35.1 Å². The van der Waals surface area contributed by atoms with Gasteiger partial charge >= 0.3 is 0 Å². The molecule has 0 spiro atoms. The number of oxazole rings is 1. The molecular formula is C23H33N3O3. The Morgan fingerprint density at radius 2 is 2.03 bits per heavy atom. The first kappa shape index (κ1) is 21.4. The van der Waals surface area contributed by atoms with E-state index >= 15 is 0 Å². The zero-order chi connectivity index (χ0) is 20.8. The summed E-state index contributed by atoms with van der Waals surface area (Å²) in [5.74, 6) is 2.46. The molecule has 0 aliphatic carbocycles. The predicted octanol–water partition coefficient (Wildman–Crippen LogP) is 4.00. The maximum Gasteiger partial charge on any atom is 0.276 e. The topological polar surface area (TPSA) is 58.8 Å². The van der Waals surface area contributed by atoms with E-state index < -0.39 is 0 Å². The first-order valence-electron chi connectivity index (χ1n) is 10.5. The Kier molecular flexibility index (Phi) is 7.31. The highest BCUT2D eigenvalue weighted by Crippen LogP contribution is 2.25. The summed E-state index contributed by atoms with van der Waals surface area (Å²) in [4.78, 5) is 21.6. The van der Waals surface area contributed by atoms with Gasteiger partial charge in [0.25, 0.3) is 5.91 Å². The largest absolute Gasteiger partial charge is 0.496 e. The van der Waals surface area contributed by atoms with Crippen LogP contribution in [-0.2, 0) is 6.54 Å². The predicted molar refractivity (Wildman–Crippen MR) is 113 cm³/mol. The van der Waals surface area contributed by atoms with Crippen molar-refractivity contribution in [2.24, 2.45) is 11.8 Å². The second kappa shape index (κ2) is 9.92. The minimum Gasteiger partial charge on any atom is -0.496 e. The van der Waals surface area contributed by atoms with Gasteiger partial charge in [-0.1, -0.05) is 32.0 Å². The van der Waals surface area contributed by atoms with Crippen molar-refractivity contribution in [2.75, 3.05) is 33.3 Å². The molecule has 0 N–H and O–H groups in total. The number of para-hydroxylation sites is 1. The van der Waals surface area contributed by atoms with Crippen LogP contribution in [0.5, 0.6) is 5.75 Å². The number of carbonyl (C=O) groups excluding carboxylic acids is 1. The number of piperidine rings is 1. The monoisotopic (exact) mass is 399 g/mol. The number of hydrogen-bond acceptors (Lipinski definition) is 5. The minimum absolute atomic E-state index is 0.0126. The molecule has 29 heavy (non-hydrogen) atoms. The molecule has 2 aromatic rings. The number of aromatic nitrogens is 1. The van der Waals surface area contributed by atoms with Crippen molar-refractivity contribution in [1.82, 2.24) is 14.8 Å².